The Hall–Kier alpha value is -1.55. The van der Waals surface area contributed by atoms with Crippen molar-refractivity contribution in [2.45, 2.75) is 45.6 Å². The van der Waals surface area contributed by atoms with Gasteiger partial charge in [-0.3, -0.25) is 4.79 Å². The highest BCUT2D eigenvalue weighted by Crippen LogP contribution is 2.25. The number of aliphatic hydroxyl groups is 1. The van der Waals surface area contributed by atoms with Gasteiger partial charge in [-0.25, -0.2) is 0 Å². The number of ether oxygens (including phenoxy) is 1. The number of hydrogen-bond acceptors (Lipinski definition) is 3. The SMILES string of the molecule is CC(C)CCC(C)(O)CNC(=O)c1ccc2c(c1)CCO2. The van der Waals surface area contributed by atoms with Gasteiger partial charge in [-0.1, -0.05) is 13.8 Å². The molecule has 0 saturated heterocycles. The summed E-state index contributed by atoms with van der Waals surface area (Å²) in [5, 5.41) is 13.1. The van der Waals surface area contributed by atoms with E-state index in [-0.39, 0.29) is 12.5 Å². The van der Waals surface area contributed by atoms with E-state index in [4.69, 9.17) is 4.74 Å². The van der Waals surface area contributed by atoms with Crippen molar-refractivity contribution in [3.05, 3.63) is 29.3 Å². The second-order valence-corrected chi connectivity index (χ2v) is 6.53. The molecule has 0 aliphatic carbocycles. The van der Waals surface area contributed by atoms with E-state index in [1.54, 1.807) is 13.0 Å². The average Bonchev–Trinajstić information content (AvgIpc) is 2.90. The van der Waals surface area contributed by atoms with E-state index in [1.165, 1.54) is 0 Å². The van der Waals surface area contributed by atoms with E-state index in [1.807, 2.05) is 12.1 Å². The van der Waals surface area contributed by atoms with Crippen molar-refractivity contribution in [1.29, 1.82) is 0 Å². The van der Waals surface area contributed by atoms with Gasteiger partial charge in [0.1, 0.15) is 5.75 Å². The minimum absolute atomic E-state index is 0.144. The van der Waals surface area contributed by atoms with Crippen LogP contribution in [0.25, 0.3) is 0 Å². The van der Waals surface area contributed by atoms with Gasteiger partial charge in [-0.15, -0.1) is 0 Å². The number of carbonyl (C=O) groups is 1. The Bertz CT molecular complexity index is 509. The summed E-state index contributed by atoms with van der Waals surface area (Å²) >= 11 is 0. The van der Waals surface area contributed by atoms with Gasteiger partial charge in [-0.05, 0) is 49.4 Å². The van der Waals surface area contributed by atoms with Crippen molar-refractivity contribution in [2.24, 2.45) is 5.92 Å². The van der Waals surface area contributed by atoms with E-state index < -0.39 is 5.60 Å². The Labute approximate surface area is 126 Å². The molecular weight excluding hydrogens is 266 g/mol. The second kappa shape index (κ2) is 6.48. The molecular formula is C17H25NO3. The maximum absolute atomic E-state index is 12.2. The summed E-state index contributed by atoms with van der Waals surface area (Å²) in [6.07, 6.45) is 2.48. The van der Waals surface area contributed by atoms with Crippen LogP contribution in [0.15, 0.2) is 18.2 Å². The minimum Gasteiger partial charge on any atom is -0.493 e. The van der Waals surface area contributed by atoms with E-state index >= 15 is 0 Å². The zero-order valence-electron chi connectivity index (χ0n) is 13.1. The molecule has 0 saturated carbocycles. The van der Waals surface area contributed by atoms with Gasteiger partial charge in [0.25, 0.3) is 5.91 Å². The molecule has 0 fully saturated rings. The Morgan fingerprint density at radius 2 is 2.24 bits per heavy atom. The highest BCUT2D eigenvalue weighted by atomic mass is 16.5. The molecule has 1 aliphatic heterocycles. The number of benzene rings is 1. The Morgan fingerprint density at radius 1 is 1.48 bits per heavy atom. The third-order valence-corrected chi connectivity index (χ3v) is 3.84. The second-order valence-electron chi connectivity index (χ2n) is 6.53. The predicted molar refractivity (Wildman–Crippen MR) is 82.7 cm³/mol. The molecule has 1 atom stereocenters. The first kappa shape index (κ1) is 15.8. The van der Waals surface area contributed by atoms with E-state index in [0.29, 0.717) is 24.5 Å². The van der Waals surface area contributed by atoms with Gasteiger partial charge < -0.3 is 15.2 Å². The quantitative estimate of drug-likeness (QED) is 0.847. The van der Waals surface area contributed by atoms with Crippen LogP contribution in [0.1, 0.15) is 49.5 Å². The van der Waals surface area contributed by atoms with Gasteiger partial charge >= 0.3 is 0 Å². The Kier molecular flexibility index (Phi) is 4.88. The maximum atomic E-state index is 12.2. The molecule has 0 spiro atoms. The summed E-state index contributed by atoms with van der Waals surface area (Å²) in [5.74, 6) is 1.27. The molecule has 1 aromatic rings. The summed E-state index contributed by atoms with van der Waals surface area (Å²) in [6.45, 7) is 6.98. The fraction of sp³-hybridized carbons (Fsp3) is 0.588. The largest absolute Gasteiger partial charge is 0.493 e. The van der Waals surface area contributed by atoms with Crippen molar-refractivity contribution in [3.63, 3.8) is 0 Å². The third-order valence-electron chi connectivity index (χ3n) is 3.84. The number of hydrogen-bond donors (Lipinski definition) is 2. The van der Waals surface area contributed by atoms with Gasteiger partial charge in [0.05, 0.1) is 12.2 Å². The Morgan fingerprint density at radius 3 is 2.95 bits per heavy atom. The van der Waals surface area contributed by atoms with Crippen LogP contribution >= 0.6 is 0 Å². The monoisotopic (exact) mass is 291 g/mol. The average molecular weight is 291 g/mol. The van der Waals surface area contributed by atoms with E-state index in [2.05, 4.69) is 19.2 Å². The molecule has 1 aromatic carbocycles. The van der Waals surface area contributed by atoms with E-state index in [9.17, 15) is 9.90 Å². The van der Waals surface area contributed by atoms with Crippen LogP contribution in [0.4, 0.5) is 0 Å². The lowest BCUT2D eigenvalue weighted by molar-refractivity contribution is 0.0429. The summed E-state index contributed by atoms with van der Waals surface area (Å²) in [6, 6.07) is 5.48. The highest BCUT2D eigenvalue weighted by Gasteiger charge is 2.22. The van der Waals surface area contributed by atoms with Crippen LogP contribution < -0.4 is 10.1 Å². The summed E-state index contributed by atoms with van der Waals surface area (Å²) in [4.78, 5) is 12.2. The van der Waals surface area contributed by atoms with Crippen molar-refractivity contribution in [2.75, 3.05) is 13.2 Å². The summed E-state index contributed by atoms with van der Waals surface area (Å²) in [7, 11) is 0. The topological polar surface area (TPSA) is 58.6 Å². The molecule has 4 heteroatoms. The predicted octanol–water partition coefficient (Wildman–Crippen LogP) is 2.54. The molecule has 2 rings (SSSR count). The smallest absolute Gasteiger partial charge is 0.251 e. The third kappa shape index (κ3) is 4.46. The molecule has 21 heavy (non-hydrogen) atoms. The fourth-order valence-electron chi connectivity index (χ4n) is 2.39. The standard InChI is InChI=1S/C17H25NO3/c1-12(2)6-8-17(3,20)11-18-16(19)14-4-5-15-13(10-14)7-9-21-15/h4-5,10,12,20H,6-9,11H2,1-3H3,(H,18,19). The van der Waals surface area contributed by atoms with Crippen LogP contribution in [-0.4, -0.2) is 29.8 Å². The number of rotatable bonds is 6. The molecule has 4 nitrogen and oxygen atoms in total. The van der Waals surface area contributed by atoms with Gasteiger partial charge in [-0.2, -0.15) is 0 Å². The molecule has 1 amide bonds. The Balaban J connectivity index is 1.89. The molecule has 2 N–H and O–H groups in total. The van der Waals surface area contributed by atoms with Crippen molar-refractivity contribution in [3.8, 4) is 5.75 Å². The lowest BCUT2D eigenvalue weighted by atomic mass is 9.95. The van der Waals surface area contributed by atoms with Crippen LogP contribution in [0, 0.1) is 5.92 Å². The van der Waals surface area contributed by atoms with Crippen LogP contribution in [0.2, 0.25) is 0 Å². The number of fused-ring (bicyclic) bond motifs is 1. The summed E-state index contributed by atoms with van der Waals surface area (Å²) in [5.41, 5.74) is 0.841. The van der Waals surface area contributed by atoms with Crippen molar-refractivity contribution in [1.82, 2.24) is 5.32 Å². The number of amides is 1. The van der Waals surface area contributed by atoms with Crippen LogP contribution in [0.3, 0.4) is 0 Å². The van der Waals surface area contributed by atoms with Crippen molar-refractivity contribution >= 4 is 5.91 Å². The first-order valence-electron chi connectivity index (χ1n) is 7.64. The van der Waals surface area contributed by atoms with Crippen LogP contribution in [-0.2, 0) is 6.42 Å². The normalized spacial score (nSPS) is 16.2. The molecule has 0 aromatic heterocycles. The molecule has 0 bridgehead atoms. The number of carbonyl (C=O) groups excluding carboxylic acids is 1. The first-order valence-corrected chi connectivity index (χ1v) is 7.64. The summed E-state index contributed by atoms with van der Waals surface area (Å²) < 4.78 is 5.43. The highest BCUT2D eigenvalue weighted by molar-refractivity contribution is 5.94. The fourth-order valence-corrected chi connectivity index (χ4v) is 2.39. The lowest BCUT2D eigenvalue weighted by Gasteiger charge is -2.24. The zero-order valence-corrected chi connectivity index (χ0v) is 13.1. The van der Waals surface area contributed by atoms with E-state index in [0.717, 1.165) is 24.2 Å². The molecule has 1 heterocycles. The lowest BCUT2D eigenvalue weighted by Crippen LogP contribution is -2.40. The van der Waals surface area contributed by atoms with Gasteiger partial charge in [0, 0.05) is 18.5 Å². The van der Waals surface area contributed by atoms with Crippen LogP contribution in [0.5, 0.6) is 5.75 Å². The maximum Gasteiger partial charge on any atom is 0.251 e. The molecule has 0 radical (unpaired) electrons. The molecule has 116 valence electrons. The minimum atomic E-state index is -0.861. The van der Waals surface area contributed by atoms with Gasteiger partial charge in [0.2, 0.25) is 0 Å². The molecule has 1 aliphatic rings. The first-order chi connectivity index (χ1) is 9.87. The number of nitrogens with one attached hydrogen (secondary N) is 1. The zero-order chi connectivity index (χ0) is 15.5. The van der Waals surface area contributed by atoms with Crippen molar-refractivity contribution < 1.29 is 14.6 Å². The molecule has 1 unspecified atom stereocenters. The van der Waals surface area contributed by atoms with Gasteiger partial charge in [0.15, 0.2) is 0 Å².